The van der Waals surface area contributed by atoms with E-state index in [-0.39, 0.29) is 64.8 Å². The Hall–Kier alpha value is -10.1. The van der Waals surface area contributed by atoms with Crippen molar-refractivity contribution in [3.63, 3.8) is 0 Å². The van der Waals surface area contributed by atoms with E-state index < -0.39 is 34.1 Å². The number of piperazine rings is 2. The molecule has 0 spiro atoms. The molecule has 6 aromatic carbocycles. The highest BCUT2D eigenvalue weighted by Gasteiger charge is 2.45. The molecule has 0 bridgehead atoms. The predicted octanol–water partition coefficient (Wildman–Crippen LogP) is 8.95. The fraction of sp³-hybridized carbons (Fsp3) is 0.390. The van der Waals surface area contributed by atoms with Crippen LogP contribution in [0.1, 0.15) is 158 Å². The molecule has 5 atom stereocenters. The highest BCUT2D eigenvalue weighted by molar-refractivity contribution is 7.89. The smallest absolute Gasteiger partial charge is 0.267 e. The lowest BCUT2D eigenvalue weighted by atomic mass is 9.99. The van der Waals surface area contributed by atoms with Crippen molar-refractivity contribution in [1.82, 2.24) is 39.7 Å². The summed E-state index contributed by atoms with van der Waals surface area (Å²) in [5.74, 6) is -0.204. The summed E-state index contributed by atoms with van der Waals surface area (Å²) in [6.07, 6.45) is 3.05. The highest BCUT2D eigenvalue weighted by Crippen LogP contribution is 2.44. The number of nitrogens with two attached hydrogens (primary N) is 1. The number of likely N-dealkylation sites (tertiary alicyclic amines) is 1. The van der Waals surface area contributed by atoms with Crippen molar-refractivity contribution in [2.45, 2.75) is 94.5 Å². The first kappa shape index (κ1) is 73.1. The number of primary sulfonamides is 1. The van der Waals surface area contributed by atoms with Crippen LogP contribution < -0.4 is 44.5 Å². The zero-order chi connectivity index (χ0) is 72.5. The lowest BCUT2D eigenvalue weighted by molar-refractivity contribution is -0.136. The van der Waals surface area contributed by atoms with Gasteiger partial charge in [0, 0.05) is 98.0 Å². The van der Waals surface area contributed by atoms with Crippen LogP contribution in [0.5, 0.6) is 23.0 Å². The number of carbonyl (C=O) groups is 7. The average molecular weight is 1410 g/mol. The Morgan fingerprint density at radius 2 is 0.961 bits per heavy atom. The molecule has 24 nitrogen and oxygen atoms in total. The number of aromatic nitrogens is 1. The van der Waals surface area contributed by atoms with E-state index in [9.17, 15) is 42.0 Å². The fourth-order valence-electron chi connectivity index (χ4n) is 14.9. The Kier molecular flexibility index (Phi) is 23.1. The summed E-state index contributed by atoms with van der Waals surface area (Å²) in [6.45, 7) is 13.2. The Bertz CT molecular complexity index is 4350. The molecule has 1 aromatic heterocycles. The summed E-state index contributed by atoms with van der Waals surface area (Å²) in [5.41, 5.74) is 7.16. The molecule has 3 saturated heterocycles. The standard InChI is InChI=1S/C39H47N5O6.C38H44N6O7S/c1-26(28-11-6-5-7-12-28)41-21-23-42(24-22-41)32-14-8-13-30-36(32)39(48)44(38(30)47)31(29-17-18-34(49-3)35(25-29)50-4)15-9-19-40-37(46)33-16-10-20-43(33)27(2)45;1-25(26-10-6-5-7-11-26)42-20-22-43(23-21-42)30-13-8-12-28-35(30)38(47)44(37(28)46)29(27-15-17-32(50-3)33(24-27)51-4)14-9-19-40-36(45)31-16-18-34(41(31)2)52(39,48)49/h5-8,11-14,17-18,25-26,31,33H,9-10,15-16,19-24H2,1-4H3,(H,40,46);5-8,10-13,15-18,24-25,29H,9,14,19-23H2,1-4H3,(H,40,45)(H2,39,48,49)/t26-,31-,33-;25-,29-/m11/s1. The molecular formula is C77H91N11O13S. The van der Waals surface area contributed by atoms with E-state index in [1.807, 2.05) is 60.7 Å². The number of carbonyl (C=O) groups excluding carboxylic acids is 7. The molecular weight excluding hydrogens is 1320 g/mol. The van der Waals surface area contributed by atoms with Gasteiger partial charge >= 0.3 is 0 Å². The zero-order valence-corrected chi connectivity index (χ0v) is 60.0. The molecule has 25 heteroatoms. The molecule has 5 aliphatic heterocycles. The minimum absolute atomic E-state index is 0.107. The number of hydrogen-bond donors (Lipinski definition) is 3. The summed E-state index contributed by atoms with van der Waals surface area (Å²) < 4.78 is 47.0. The zero-order valence-electron chi connectivity index (χ0n) is 59.1. The van der Waals surface area contributed by atoms with E-state index in [2.05, 4.69) is 80.5 Å². The number of anilines is 2. The van der Waals surface area contributed by atoms with E-state index in [4.69, 9.17) is 24.1 Å². The molecule has 0 saturated carbocycles. The number of nitrogens with zero attached hydrogens (tertiary/aromatic N) is 8. The van der Waals surface area contributed by atoms with Crippen molar-refractivity contribution >= 4 is 62.7 Å². The van der Waals surface area contributed by atoms with Crippen LogP contribution in [0.15, 0.2) is 151 Å². The quantitative estimate of drug-likeness (QED) is 0.0356. The van der Waals surface area contributed by atoms with Crippen molar-refractivity contribution in [2.24, 2.45) is 12.2 Å². The molecule has 7 amide bonds. The summed E-state index contributed by atoms with van der Waals surface area (Å²) in [7, 11) is 3.60. The van der Waals surface area contributed by atoms with Crippen LogP contribution in [0.25, 0.3) is 0 Å². The van der Waals surface area contributed by atoms with Crippen molar-refractivity contribution in [2.75, 3.05) is 110 Å². The van der Waals surface area contributed by atoms with E-state index in [0.717, 1.165) is 62.6 Å². The van der Waals surface area contributed by atoms with Gasteiger partial charge in [0.25, 0.3) is 39.6 Å². The number of benzene rings is 6. The van der Waals surface area contributed by atoms with Crippen LogP contribution in [0, 0.1) is 0 Å². The lowest BCUT2D eigenvalue weighted by Gasteiger charge is -2.39. The third kappa shape index (κ3) is 15.4. The number of amides is 7. The van der Waals surface area contributed by atoms with Crippen molar-refractivity contribution in [3.8, 4) is 23.0 Å². The van der Waals surface area contributed by atoms with E-state index in [0.29, 0.717) is 109 Å². The second kappa shape index (κ2) is 32.3. The van der Waals surface area contributed by atoms with Gasteiger partial charge in [0.2, 0.25) is 11.8 Å². The SMILES string of the molecule is COc1ccc([C@@H](CCCNC(=O)[C@H]2CCCN2C(C)=O)N2C(=O)c3cccc(N4CCN([C@H](C)c5ccccc5)CC4)c3C2=O)cc1OC.COc1ccc([C@@H](CCCNC(=O)c2ccc(S(N)(=O)=O)n2C)N2C(=O)c3cccc(N4CCN([C@H](C)c5ccccc5)CC4)c3C2=O)cc1OC. The molecule has 3 fully saturated rings. The van der Waals surface area contributed by atoms with Crippen LogP contribution in [0.2, 0.25) is 0 Å². The van der Waals surface area contributed by atoms with Gasteiger partial charge in [0.05, 0.1) is 74.2 Å². The maximum absolute atomic E-state index is 14.4. The largest absolute Gasteiger partial charge is 0.493 e. The van der Waals surface area contributed by atoms with E-state index in [1.165, 1.54) is 65.8 Å². The summed E-state index contributed by atoms with van der Waals surface area (Å²) >= 11 is 0. The van der Waals surface area contributed by atoms with E-state index >= 15 is 0 Å². The monoisotopic (exact) mass is 1410 g/mol. The van der Waals surface area contributed by atoms with Gasteiger partial charge in [0.1, 0.15) is 11.7 Å². The van der Waals surface area contributed by atoms with Crippen molar-refractivity contribution < 1.29 is 60.9 Å². The second-order valence-corrected chi connectivity index (χ2v) is 27.7. The normalized spacial score (nSPS) is 17.5. The van der Waals surface area contributed by atoms with Crippen LogP contribution in [-0.4, -0.2) is 185 Å². The van der Waals surface area contributed by atoms with Gasteiger partial charge in [-0.1, -0.05) is 84.9 Å². The van der Waals surface area contributed by atoms with Crippen LogP contribution in [0.3, 0.4) is 0 Å². The number of methoxy groups -OCH3 is 4. The highest BCUT2D eigenvalue weighted by atomic mass is 32.2. The number of rotatable bonds is 25. The van der Waals surface area contributed by atoms with Crippen LogP contribution >= 0.6 is 0 Å². The fourth-order valence-corrected chi connectivity index (χ4v) is 15.6. The maximum Gasteiger partial charge on any atom is 0.267 e. The molecule has 538 valence electrons. The second-order valence-electron chi connectivity index (χ2n) is 26.2. The number of nitrogens with one attached hydrogen (secondary N) is 2. The molecule has 102 heavy (non-hydrogen) atoms. The predicted molar refractivity (Wildman–Crippen MR) is 387 cm³/mol. The number of imide groups is 2. The third-order valence-corrected chi connectivity index (χ3v) is 21.5. The van der Waals surface area contributed by atoms with Gasteiger partial charge in [-0.25, -0.2) is 13.6 Å². The van der Waals surface area contributed by atoms with Gasteiger partial charge in [-0.15, -0.1) is 0 Å². The molecule has 0 aliphatic carbocycles. The van der Waals surface area contributed by atoms with Gasteiger partial charge in [0.15, 0.2) is 28.0 Å². The molecule has 7 aromatic rings. The number of fused-ring (bicyclic) bond motifs is 2. The lowest BCUT2D eigenvalue weighted by Crippen LogP contribution is -2.47. The van der Waals surface area contributed by atoms with Gasteiger partial charge in [-0.3, -0.25) is 53.2 Å². The van der Waals surface area contributed by atoms with Crippen molar-refractivity contribution in [3.05, 3.63) is 196 Å². The molecule has 6 heterocycles. The third-order valence-electron chi connectivity index (χ3n) is 20.5. The average Bonchev–Trinajstić information content (AvgIpc) is 1.60. The summed E-state index contributed by atoms with van der Waals surface area (Å²) in [4.78, 5) is 109. The maximum atomic E-state index is 14.4. The van der Waals surface area contributed by atoms with Crippen LogP contribution in [0.4, 0.5) is 11.4 Å². The van der Waals surface area contributed by atoms with Crippen molar-refractivity contribution in [1.29, 1.82) is 0 Å². The minimum atomic E-state index is -4.00. The van der Waals surface area contributed by atoms with Gasteiger partial charge in [-0.2, -0.15) is 0 Å². The van der Waals surface area contributed by atoms with Gasteiger partial charge in [-0.05, 0) is 135 Å². The molecule has 0 unspecified atom stereocenters. The van der Waals surface area contributed by atoms with E-state index in [1.54, 1.807) is 55.5 Å². The first-order valence-electron chi connectivity index (χ1n) is 34.7. The Balaban J connectivity index is 0.000000205. The summed E-state index contributed by atoms with van der Waals surface area (Å²) in [5, 5.41) is 10.9. The first-order chi connectivity index (χ1) is 49.2. The molecule has 5 aliphatic rings. The number of hydrogen-bond acceptors (Lipinski definition) is 17. The molecule has 12 rings (SSSR count). The molecule has 4 N–H and O–H groups in total. The summed E-state index contributed by atoms with van der Waals surface area (Å²) in [6, 6.07) is 44.0. The first-order valence-corrected chi connectivity index (χ1v) is 36.3. The topological polar surface area (TPSA) is 268 Å². The van der Waals surface area contributed by atoms with Gasteiger partial charge < -0.3 is 48.8 Å². The van der Waals surface area contributed by atoms with Crippen LogP contribution in [-0.2, 0) is 26.7 Å². The molecule has 0 radical (unpaired) electrons. The number of ether oxygens (including phenoxy) is 4. The Labute approximate surface area is 596 Å². The Morgan fingerprint density at radius 1 is 0.520 bits per heavy atom. The number of sulfonamides is 1. The Morgan fingerprint density at radius 3 is 1.37 bits per heavy atom. The minimum Gasteiger partial charge on any atom is -0.493 e.